The summed E-state index contributed by atoms with van der Waals surface area (Å²) >= 11 is 0. The highest BCUT2D eigenvalue weighted by Gasteiger charge is 2.21. The molecule has 0 unspecified atom stereocenters. The molecule has 9 aromatic carbocycles. The molecule has 0 aliphatic rings. The molecule has 0 radical (unpaired) electrons. The Morgan fingerprint density at radius 3 is 1.31 bits per heavy atom. The lowest BCUT2D eigenvalue weighted by Crippen LogP contribution is -2.04. The quantitative estimate of drug-likeness (QED) is 0.168. The van der Waals surface area contributed by atoms with Gasteiger partial charge in [-0.3, -0.25) is 0 Å². The number of hydrogen-bond donors (Lipinski definition) is 0. The molecule has 11 rings (SSSR count). The Kier molecular flexibility index (Phi) is 7.14. The van der Waals surface area contributed by atoms with Gasteiger partial charge in [0.1, 0.15) is 0 Å². The Morgan fingerprint density at radius 2 is 0.709 bits per heavy atom. The number of benzene rings is 9. The molecule has 0 bridgehead atoms. The predicted molar refractivity (Wildman–Crippen MR) is 228 cm³/mol. The summed E-state index contributed by atoms with van der Waals surface area (Å²) in [4.78, 5) is 15.8. The van der Waals surface area contributed by atoms with Crippen LogP contribution in [0.15, 0.2) is 194 Å². The van der Waals surface area contributed by atoms with E-state index < -0.39 is 0 Å². The summed E-state index contributed by atoms with van der Waals surface area (Å²) in [6.07, 6.45) is 0. The van der Waals surface area contributed by atoms with E-state index in [0.717, 1.165) is 44.5 Å². The molecule has 0 aliphatic carbocycles. The molecule has 0 N–H and O–H groups in total. The van der Waals surface area contributed by atoms with Crippen LogP contribution in [0.3, 0.4) is 0 Å². The molecule has 0 aliphatic heterocycles. The van der Waals surface area contributed by atoms with Gasteiger partial charge in [0.2, 0.25) is 0 Å². The van der Waals surface area contributed by atoms with E-state index in [1.807, 2.05) is 18.2 Å². The van der Waals surface area contributed by atoms with E-state index in [1.165, 1.54) is 43.1 Å². The molecule has 0 saturated heterocycles. The fourth-order valence-corrected chi connectivity index (χ4v) is 8.29. The number of hydrogen-bond acceptors (Lipinski definition) is 3. The van der Waals surface area contributed by atoms with Crippen molar-refractivity contribution in [2.24, 2.45) is 0 Å². The van der Waals surface area contributed by atoms with Crippen LogP contribution in [0.4, 0.5) is 0 Å². The summed E-state index contributed by atoms with van der Waals surface area (Å²) in [5.74, 6) is 1.87. The van der Waals surface area contributed by atoms with E-state index in [0.29, 0.717) is 17.5 Å². The van der Waals surface area contributed by atoms with Crippen LogP contribution in [-0.4, -0.2) is 19.5 Å². The topological polar surface area (TPSA) is 43.6 Å². The third-order valence-electron chi connectivity index (χ3n) is 10.8. The molecule has 11 aromatic rings. The minimum atomic E-state index is 0.615. The second-order valence-corrected chi connectivity index (χ2v) is 14.0. The van der Waals surface area contributed by atoms with Gasteiger partial charge in [-0.25, -0.2) is 15.0 Å². The van der Waals surface area contributed by atoms with E-state index in [9.17, 15) is 0 Å². The van der Waals surface area contributed by atoms with Crippen molar-refractivity contribution in [3.63, 3.8) is 0 Å². The molecular formula is C51H32N4. The van der Waals surface area contributed by atoms with Crippen LogP contribution in [0.2, 0.25) is 0 Å². The number of rotatable bonds is 5. The molecule has 4 heteroatoms. The summed E-state index contributed by atoms with van der Waals surface area (Å²) in [6, 6.07) is 68.6. The largest absolute Gasteiger partial charge is 0.308 e. The fourth-order valence-electron chi connectivity index (χ4n) is 8.29. The van der Waals surface area contributed by atoms with Crippen molar-refractivity contribution in [3.05, 3.63) is 194 Å². The standard InChI is InChI=1S/C51H32N4/c1-3-15-33(16-4-1)35-27-30-44(48(32-35)55-46-25-13-11-23-42(46)43-24-12-14-26-47(43)55)51-53-49(34-17-5-2-6-18-34)52-50(54-51)36-28-29-41-39-21-8-7-19-37(39)38-20-9-10-22-40(38)45(41)31-36/h1-32H. The Labute approximate surface area is 317 Å². The molecular weight excluding hydrogens is 669 g/mol. The van der Waals surface area contributed by atoms with Crippen molar-refractivity contribution in [1.29, 1.82) is 0 Å². The van der Waals surface area contributed by atoms with Crippen molar-refractivity contribution < 1.29 is 0 Å². The first-order valence-electron chi connectivity index (χ1n) is 18.6. The average Bonchev–Trinajstić information content (AvgIpc) is 3.61. The molecule has 0 atom stereocenters. The van der Waals surface area contributed by atoms with E-state index in [-0.39, 0.29) is 0 Å². The highest BCUT2D eigenvalue weighted by molar-refractivity contribution is 6.25. The second kappa shape index (κ2) is 12.6. The Hall–Kier alpha value is -7.43. The molecule has 0 saturated carbocycles. The van der Waals surface area contributed by atoms with Crippen molar-refractivity contribution in [3.8, 4) is 51.0 Å². The van der Waals surface area contributed by atoms with E-state index in [2.05, 4.69) is 180 Å². The monoisotopic (exact) mass is 700 g/mol. The predicted octanol–water partition coefficient (Wildman–Crippen LogP) is 13.1. The number of nitrogens with zero attached hydrogens (tertiary/aromatic N) is 4. The SMILES string of the molecule is c1ccc(-c2ccc(-c3nc(-c4ccccc4)nc(-c4ccc5c6ccccc6c6ccccc6c5c4)n3)c(-n3c4ccccc4c4ccccc43)c2)cc1. The highest BCUT2D eigenvalue weighted by Crippen LogP contribution is 2.40. The lowest BCUT2D eigenvalue weighted by molar-refractivity contribution is 1.07. The van der Waals surface area contributed by atoms with E-state index >= 15 is 0 Å². The second-order valence-electron chi connectivity index (χ2n) is 14.0. The van der Waals surface area contributed by atoms with Crippen LogP contribution < -0.4 is 0 Å². The van der Waals surface area contributed by atoms with Gasteiger partial charge in [0.05, 0.1) is 16.7 Å². The van der Waals surface area contributed by atoms with Crippen LogP contribution in [0.5, 0.6) is 0 Å². The van der Waals surface area contributed by atoms with Gasteiger partial charge in [-0.1, -0.05) is 164 Å². The van der Waals surface area contributed by atoms with Gasteiger partial charge >= 0.3 is 0 Å². The molecule has 4 nitrogen and oxygen atoms in total. The summed E-state index contributed by atoms with van der Waals surface area (Å²) < 4.78 is 2.37. The maximum atomic E-state index is 5.35. The van der Waals surface area contributed by atoms with Gasteiger partial charge in [-0.05, 0) is 73.8 Å². The van der Waals surface area contributed by atoms with Crippen molar-refractivity contribution in [2.75, 3.05) is 0 Å². The first-order chi connectivity index (χ1) is 27.3. The van der Waals surface area contributed by atoms with Crippen LogP contribution >= 0.6 is 0 Å². The minimum absolute atomic E-state index is 0.615. The number of fused-ring (bicyclic) bond motifs is 9. The Bertz CT molecular complexity index is 3170. The zero-order valence-electron chi connectivity index (χ0n) is 29.8. The lowest BCUT2D eigenvalue weighted by atomic mass is 9.93. The van der Waals surface area contributed by atoms with Crippen LogP contribution in [0, 0.1) is 0 Å². The highest BCUT2D eigenvalue weighted by atomic mass is 15.1. The molecule has 55 heavy (non-hydrogen) atoms. The normalized spacial score (nSPS) is 11.6. The Morgan fingerprint density at radius 1 is 0.273 bits per heavy atom. The van der Waals surface area contributed by atoms with Gasteiger partial charge < -0.3 is 4.57 Å². The van der Waals surface area contributed by atoms with Crippen LogP contribution in [-0.2, 0) is 0 Å². The van der Waals surface area contributed by atoms with Gasteiger partial charge in [0.25, 0.3) is 0 Å². The molecule has 0 spiro atoms. The third kappa shape index (κ3) is 5.11. The maximum Gasteiger partial charge on any atom is 0.166 e. The van der Waals surface area contributed by atoms with Crippen LogP contribution in [0.25, 0.3) is 105 Å². The summed E-state index contributed by atoms with van der Waals surface area (Å²) in [6.45, 7) is 0. The zero-order chi connectivity index (χ0) is 36.3. The first kappa shape index (κ1) is 31.1. The molecule has 0 fully saturated rings. The van der Waals surface area contributed by atoms with E-state index in [4.69, 9.17) is 15.0 Å². The number of para-hydroxylation sites is 2. The van der Waals surface area contributed by atoms with Gasteiger partial charge in [-0.15, -0.1) is 0 Å². The van der Waals surface area contributed by atoms with Gasteiger partial charge in [-0.2, -0.15) is 0 Å². The molecule has 2 heterocycles. The van der Waals surface area contributed by atoms with E-state index in [1.54, 1.807) is 0 Å². The fraction of sp³-hybridized carbons (Fsp3) is 0. The minimum Gasteiger partial charge on any atom is -0.308 e. The smallest absolute Gasteiger partial charge is 0.166 e. The van der Waals surface area contributed by atoms with Crippen LogP contribution in [0.1, 0.15) is 0 Å². The van der Waals surface area contributed by atoms with Gasteiger partial charge in [0.15, 0.2) is 17.5 Å². The first-order valence-corrected chi connectivity index (χ1v) is 18.6. The van der Waals surface area contributed by atoms with Crippen molar-refractivity contribution in [1.82, 2.24) is 19.5 Å². The van der Waals surface area contributed by atoms with Gasteiger partial charge in [0, 0.05) is 27.5 Å². The third-order valence-corrected chi connectivity index (χ3v) is 10.8. The maximum absolute atomic E-state index is 5.35. The Balaban J connectivity index is 1.20. The summed E-state index contributed by atoms with van der Waals surface area (Å²) in [5, 5.41) is 9.72. The number of aromatic nitrogens is 4. The zero-order valence-corrected chi connectivity index (χ0v) is 29.8. The summed E-state index contributed by atoms with van der Waals surface area (Å²) in [5.41, 5.74) is 8.32. The van der Waals surface area contributed by atoms with Crippen molar-refractivity contribution >= 4 is 54.1 Å². The molecule has 0 amide bonds. The lowest BCUT2D eigenvalue weighted by Gasteiger charge is -2.16. The molecule has 256 valence electrons. The molecule has 2 aromatic heterocycles. The average molecular weight is 701 g/mol. The summed E-state index contributed by atoms with van der Waals surface area (Å²) in [7, 11) is 0. The van der Waals surface area contributed by atoms with Crippen molar-refractivity contribution in [2.45, 2.75) is 0 Å².